The van der Waals surface area contributed by atoms with Gasteiger partial charge < -0.3 is 15.0 Å². The molecule has 1 aliphatic heterocycles. The van der Waals surface area contributed by atoms with Gasteiger partial charge in [0, 0.05) is 39.3 Å². The molecule has 1 aromatic heterocycles. The molecule has 2 N–H and O–H groups in total. The monoisotopic (exact) mass is 551 g/mol. The topological polar surface area (TPSA) is 104 Å². The van der Waals surface area contributed by atoms with Gasteiger partial charge in [-0.1, -0.05) is 35.6 Å². The van der Waals surface area contributed by atoms with Crippen LogP contribution in [0.3, 0.4) is 0 Å². The van der Waals surface area contributed by atoms with E-state index in [1.165, 1.54) is 23.9 Å². The Labute approximate surface area is 226 Å². The van der Waals surface area contributed by atoms with Crippen molar-refractivity contribution in [2.45, 2.75) is 4.90 Å². The minimum absolute atomic E-state index is 0.0819. The van der Waals surface area contributed by atoms with Crippen LogP contribution in [0.25, 0.3) is 10.2 Å². The molecule has 1 amide bonds. The molecule has 3 aromatic carbocycles. The number of ether oxygens (including phenoxy) is 1. The van der Waals surface area contributed by atoms with Crippen LogP contribution in [0.2, 0.25) is 0 Å². The van der Waals surface area contributed by atoms with E-state index in [9.17, 15) is 13.2 Å². The Hall–Kier alpha value is -3.67. The second-order valence-corrected chi connectivity index (χ2v) is 11.6. The minimum atomic E-state index is -3.87. The van der Waals surface area contributed by atoms with E-state index in [2.05, 4.69) is 25.9 Å². The molecule has 4 aromatic rings. The normalized spacial score (nSPS) is 14.4. The highest BCUT2D eigenvalue weighted by Crippen LogP contribution is 2.29. The second-order valence-electron chi connectivity index (χ2n) is 8.88. The van der Waals surface area contributed by atoms with E-state index in [4.69, 9.17) is 9.72 Å². The lowest BCUT2D eigenvalue weighted by Crippen LogP contribution is -2.48. The van der Waals surface area contributed by atoms with E-state index >= 15 is 0 Å². The highest BCUT2D eigenvalue weighted by Gasteiger charge is 2.21. The molecule has 2 heterocycles. The number of rotatable bonds is 9. The number of nitrogens with one attached hydrogen (secondary N) is 2. The maximum atomic E-state index is 12.9. The average Bonchev–Trinajstić information content (AvgIpc) is 3.38. The van der Waals surface area contributed by atoms with Gasteiger partial charge in [0.25, 0.3) is 15.9 Å². The summed E-state index contributed by atoms with van der Waals surface area (Å²) < 4.78 is 34.6. The number of hydrogen-bond acceptors (Lipinski definition) is 8. The fourth-order valence-electron chi connectivity index (χ4n) is 4.31. The van der Waals surface area contributed by atoms with Gasteiger partial charge in [0.2, 0.25) is 0 Å². The number of piperazine rings is 1. The predicted octanol–water partition coefficient (Wildman–Crippen LogP) is 3.66. The van der Waals surface area contributed by atoms with Crippen molar-refractivity contribution in [2.24, 2.45) is 0 Å². The summed E-state index contributed by atoms with van der Waals surface area (Å²) in [5.41, 5.74) is 1.53. The number of carbonyl (C=O) groups is 1. The minimum Gasteiger partial charge on any atom is -0.497 e. The number of fused-ring (bicyclic) bond motifs is 1. The third-order valence-electron chi connectivity index (χ3n) is 6.42. The molecule has 1 aliphatic rings. The summed E-state index contributed by atoms with van der Waals surface area (Å²) in [5.74, 6) is 0.230. The fourth-order valence-corrected chi connectivity index (χ4v) is 6.41. The van der Waals surface area contributed by atoms with E-state index in [0.717, 1.165) is 36.8 Å². The molecule has 1 fully saturated rings. The third kappa shape index (κ3) is 5.90. The van der Waals surface area contributed by atoms with Crippen LogP contribution >= 0.6 is 11.3 Å². The molecular formula is C27H29N5O4S2. The van der Waals surface area contributed by atoms with Gasteiger partial charge in [-0.15, -0.1) is 0 Å². The number of anilines is 2. The Morgan fingerprint density at radius 1 is 0.974 bits per heavy atom. The van der Waals surface area contributed by atoms with Gasteiger partial charge in [0.1, 0.15) is 5.75 Å². The maximum Gasteiger partial charge on any atom is 0.261 e. The largest absolute Gasteiger partial charge is 0.497 e. The van der Waals surface area contributed by atoms with Crippen LogP contribution in [0.1, 0.15) is 10.4 Å². The third-order valence-corrected chi connectivity index (χ3v) is 8.90. The van der Waals surface area contributed by atoms with Gasteiger partial charge in [0.15, 0.2) is 5.13 Å². The predicted molar refractivity (Wildman–Crippen MR) is 151 cm³/mol. The number of hydrogen-bond donors (Lipinski definition) is 2. The number of amides is 1. The van der Waals surface area contributed by atoms with E-state index < -0.39 is 10.0 Å². The maximum absolute atomic E-state index is 12.9. The molecule has 11 heteroatoms. The molecule has 0 unspecified atom stereocenters. The van der Waals surface area contributed by atoms with Crippen molar-refractivity contribution in [3.63, 3.8) is 0 Å². The standard InChI is InChI=1S/C27H29N5O4S2/c1-36-20-10-12-21(13-11-20)38(34,35)30-23-7-3-2-6-22(23)26(33)28-14-15-31-16-18-32(19-17-31)27-29-24-8-4-5-9-25(24)37-27/h2-13,30H,14-19H2,1H3,(H,28,33). The molecule has 0 atom stereocenters. The van der Waals surface area contributed by atoms with Crippen LogP contribution in [0.5, 0.6) is 5.75 Å². The number of carbonyl (C=O) groups excluding carboxylic acids is 1. The molecule has 38 heavy (non-hydrogen) atoms. The van der Waals surface area contributed by atoms with Gasteiger partial charge in [-0.3, -0.25) is 14.4 Å². The molecule has 9 nitrogen and oxygen atoms in total. The Kier molecular flexibility index (Phi) is 7.77. The molecule has 198 valence electrons. The number of methoxy groups -OCH3 is 1. The molecule has 0 spiro atoms. The Balaban J connectivity index is 1.14. The van der Waals surface area contributed by atoms with E-state index in [-0.39, 0.29) is 22.1 Å². The number of thiazole rings is 1. The molecular weight excluding hydrogens is 522 g/mol. The quantitative estimate of drug-likeness (QED) is 0.327. The number of para-hydroxylation sites is 2. The second kappa shape index (κ2) is 11.4. The lowest BCUT2D eigenvalue weighted by molar-refractivity contribution is 0.0948. The van der Waals surface area contributed by atoms with Crippen molar-refractivity contribution < 1.29 is 17.9 Å². The summed E-state index contributed by atoms with van der Waals surface area (Å²) in [6.45, 7) is 4.68. The first-order valence-corrected chi connectivity index (χ1v) is 14.6. The van der Waals surface area contributed by atoms with Crippen molar-refractivity contribution in [1.29, 1.82) is 0 Å². The average molecular weight is 552 g/mol. The van der Waals surface area contributed by atoms with Crippen molar-refractivity contribution in [1.82, 2.24) is 15.2 Å². The van der Waals surface area contributed by atoms with Gasteiger partial charge in [-0.2, -0.15) is 0 Å². The van der Waals surface area contributed by atoms with Crippen molar-refractivity contribution in [3.05, 3.63) is 78.4 Å². The Morgan fingerprint density at radius 3 is 2.42 bits per heavy atom. The molecule has 0 bridgehead atoms. The van der Waals surface area contributed by atoms with Crippen LogP contribution in [0.15, 0.2) is 77.7 Å². The van der Waals surface area contributed by atoms with Crippen LogP contribution in [-0.2, 0) is 10.0 Å². The zero-order valence-corrected chi connectivity index (χ0v) is 22.6. The van der Waals surface area contributed by atoms with E-state index in [0.29, 0.717) is 18.8 Å². The van der Waals surface area contributed by atoms with E-state index in [1.807, 2.05) is 18.2 Å². The SMILES string of the molecule is COc1ccc(S(=O)(=O)Nc2ccccc2C(=O)NCCN2CCN(c3nc4ccccc4s3)CC2)cc1. The Bertz CT molecular complexity index is 1480. The zero-order chi connectivity index (χ0) is 26.5. The number of nitrogens with zero attached hydrogens (tertiary/aromatic N) is 3. The number of sulfonamides is 1. The Morgan fingerprint density at radius 2 is 1.68 bits per heavy atom. The first-order valence-electron chi connectivity index (χ1n) is 12.3. The smallest absolute Gasteiger partial charge is 0.261 e. The summed E-state index contributed by atoms with van der Waals surface area (Å²) >= 11 is 1.71. The highest BCUT2D eigenvalue weighted by atomic mass is 32.2. The van der Waals surface area contributed by atoms with Crippen LogP contribution in [-0.4, -0.2) is 70.6 Å². The van der Waals surface area contributed by atoms with Gasteiger partial charge >= 0.3 is 0 Å². The van der Waals surface area contributed by atoms with Crippen LogP contribution in [0.4, 0.5) is 10.8 Å². The highest BCUT2D eigenvalue weighted by molar-refractivity contribution is 7.92. The first-order chi connectivity index (χ1) is 18.4. The first kappa shape index (κ1) is 26.0. The summed E-state index contributed by atoms with van der Waals surface area (Å²) in [5, 5.41) is 3.98. The molecule has 0 radical (unpaired) electrons. The zero-order valence-electron chi connectivity index (χ0n) is 21.0. The van der Waals surface area contributed by atoms with Crippen LogP contribution in [0, 0.1) is 0 Å². The molecule has 1 saturated heterocycles. The lowest BCUT2D eigenvalue weighted by Gasteiger charge is -2.34. The van der Waals surface area contributed by atoms with E-state index in [1.54, 1.807) is 47.7 Å². The summed E-state index contributed by atoms with van der Waals surface area (Å²) in [6, 6.07) is 20.8. The molecule has 0 saturated carbocycles. The summed E-state index contributed by atoms with van der Waals surface area (Å²) in [4.78, 5) is 22.4. The lowest BCUT2D eigenvalue weighted by atomic mass is 10.1. The van der Waals surface area contributed by atoms with Crippen LogP contribution < -0.4 is 19.7 Å². The van der Waals surface area contributed by atoms with Crippen molar-refractivity contribution in [2.75, 3.05) is 56.0 Å². The van der Waals surface area contributed by atoms with Crippen molar-refractivity contribution in [3.8, 4) is 5.75 Å². The fraction of sp³-hybridized carbons (Fsp3) is 0.259. The van der Waals surface area contributed by atoms with Crippen molar-refractivity contribution >= 4 is 48.3 Å². The van der Waals surface area contributed by atoms with Gasteiger partial charge in [-0.25, -0.2) is 13.4 Å². The summed E-state index contributed by atoms with van der Waals surface area (Å²) in [7, 11) is -2.36. The summed E-state index contributed by atoms with van der Waals surface area (Å²) in [6.07, 6.45) is 0. The van der Waals surface area contributed by atoms with Gasteiger partial charge in [-0.05, 0) is 48.5 Å². The molecule has 0 aliphatic carbocycles. The molecule has 5 rings (SSSR count). The van der Waals surface area contributed by atoms with Gasteiger partial charge in [0.05, 0.1) is 33.5 Å². The number of aromatic nitrogens is 1. The number of benzene rings is 3.